The van der Waals surface area contributed by atoms with Crippen LogP contribution in [0.1, 0.15) is 11.0 Å². The van der Waals surface area contributed by atoms with Gasteiger partial charge in [-0.1, -0.05) is 12.1 Å². The summed E-state index contributed by atoms with van der Waals surface area (Å²) in [5.74, 6) is 1.11. The second kappa shape index (κ2) is 3.92. The molecule has 0 N–H and O–H groups in total. The Kier molecular flexibility index (Phi) is 2.63. The number of thioether (sulfide) groups is 1. The number of hydrogen-bond acceptors (Lipinski definition) is 4. The Bertz CT molecular complexity index is 334. The molecule has 4 heteroatoms. The first kappa shape index (κ1) is 9.40. The molecular formula is C10H10O3S. The fraction of sp³-hybridized carbons (Fsp3) is 0.300. The maximum atomic E-state index is 10.9. The molecule has 74 valence electrons. The van der Waals surface area contributed by atoms with Gasteiger partial charge >= 0.3 is 5.97 Å². The molecule has 1 aromatic rings. The van der Waals surface area contributed by atoms with E-state index in [1.54, 1.807) is 7.11 Å². The van der Waals surface area contributed by atoms with Crippen molar-refractivity contribution >= 4 is 17.7 Å². The highest BCUT2D eigenvalue weighted by atomic mass is 32.2. The van der Waals surface area contributed by atoms with Gasteiger partial charge in [-0.25, -0.2) is 0 Å². The summed E-state index contributed by atoms with van der Waals surface area (Å²) in [5.41, 5.74) is 0.857. The minimum Gasteiger partial charge on any atom is -0.497 e. The first-order chi connectivity index (χ1) is 6.79. The number of rotatable bonds is 2. The first-order valence-corrected chi connectivity index (χ1v) is 5.29. The van der Waals surface area contributed by atoms with Crippen LogP contribution >= 0.6 is 11.8 Å². The van der Waals surface area contributed by atoms with Crippen molar-refractivity contribution in [3.63, 3.8) is 0 Å². The lowest BCUT2D eigenvalue weighted by Crippen LogP contribution is -1.98. The smallest absolute Gasteiger partial charge is 0.317 e. The predicted octanol–water partition coefficient (Wildman–Crippen LogP) is 1.98. The number of esters is 1. The summed E-state index contributed by atoms with van der Waals surface area (Å²) in [6.45, 7) is 0. The number of methoxy groups -OCH3 is 1. The average molecular weight is 210 g/mol. The van der Waals surface area contributed by atoms with E-state index >= 15 is 0 Å². The van der Waals surface area contributed by atoms with Crippen LogP contribution in [-0.4, -0.2) is 18.8 Å². The van der Waals surface area contributed by atoms with E-state index in [0.717, 1.165) is 11.3 Å². The number of cyclic esters (lactones) is 1. The van der Waals surface area contributed by atoms with Crippen LogP contribution in [0.4, 0.5) is 0 Å². The van der Waals surface area contributed by atoms with Crippen LogP contribution in [0.2, 0.25) is 0 Å². The molecule has 1 fully saturated rings. The Hall–Kier alpha value is -1.16. The van der Waals surface area contributed by atoms with Gasteiger partial charge in [0.05, 0.1) is 12.9 Å². The SMILES string of the molecule is COc1ccc(C2OC(=O)CS2)cc1. The van der Waals surface area contributed by atoms with E-state index in [1.165, 1.54) is 11.8 Å². The van der Waals surface area contributed by atoms with Crippen LogP contribution in [0.15, 0.2) is 24.3 Å². The molecular weight excluding hydrogens is 200 g/mol. The van der Waals surface area contributed by atoms with Crippen LogP contribution < -0.4 is 4.74 Å². The fourth-order valence-corrected chi connectivity index (χ4v) is 2.14. The summed E-state index contributed by atoms with van der Waals surface area (Å²) < 4.78 is 10.1. The monoisotopic (exact) mass is 210 g/mol. The molecule has 0 bridgehead atoms. The second-order valence-corrected chi connectivity index (χ2v) is 3.96. The molecule has 1 atom stereocenters. The number of ether oxygens (including phenoxy) is 2. The van der Waals surface area contributed by atoms with Gasteiger partial charge in [0.25, 0.3) is 0 Å². The Morgan fingerprint density at radius 1 is 1.43 bits per heavy atom. The first-order valence-electron chi connectivity index (χ1n) is 4.24. The van der Waals surface area contributed by atoms with Crippen molar-refractivity contribution in [1.29, 1.82) is 0 Å². The lowest BCUT2D eigenvalue weighted by Gasteiger charge is -2.08. The van der Waals surface area contributed by atoms with Crippen LogP contribution in [-0.2, 0) is 9.53 Å². The molecule has 0 aliphatic carbocycles. The lowest BCUT2D eigenvalue weighted by atomic mass is 10.2. The van der Waals surface area contributed by atoms with Gasteiger partial charge in [-0.3, -0.25) is 4.79 Å². The standard InChI is InChI=1S/C10H10O3S/c1-12-8-4-2-7(3-5-8)10-13-9(11)6-14-10/h2-5,10H,6H2,1H3. The summed E-state index contributed by atoms with van der Waals surface area (Å²) in [4.78, 5) is 10.9. The van der Waals surface area contributed by atoms with Gasteiger partial charge in [0, 0.05) is 5.56 Å². The normalized spacial score (nSPS) is 20.6. The third kappa shape index (κ3) is 1.85. The summed E-state index contributed by atoms with van der Waals surface area (Å²) >= 11 is 1.50. The third-order valence-corrected chi connectivity index (χ3v) is 3.05. The van der Waals surface area contributed by atoms with Crippen molar-refractivity contribution in [3.05, 3.63) is 29.8 Å². The molecule has 0 saturated carbocycles. The number of carbonyl (C=O) groups is 1. The average Bonchev–Trinajstić information content (AvgIpc) is 2.65. The Labute approximate surface area is 86.4 Å². The molecule has 14 heavy (non-hydrogen) atoms. The second-order valence-electron chi connectivity index (χ2n) is 2.91. The minimum atomic E-state index is -0.145. The summed E-state index contributed by atoms with van der Waals surface area (Å²) in [6, 6.07) is 7.55. The molecule has 3 nitrogen and oxygen atoms in total. The third-order valence-electron chi connectivity index (χ3n) is 1.98. The van der Waals surface area contributed by atoms with Gasteiger partial charge in [0.15, 0.2) is 5.44 Å². The summed E-state index contributed by atoms with van der Waals surface area (Å²) in [7, 11) is 1.62. The zero-order chi connectivity index (χ0) is 9.97. The molecule has 1 heterocycles. The van der Waals surface area contributed by atoms with E-state index in [2.05, 4.69) is 0 Å². The Balaban J connectivity index is 2.13. The quantitative estimate of drug-likeness (QED) is 0.699. The van der Waals surface area contributed by atoms with Gasteiger partial charge in [-0.2, -0.15) is 0 Å². The van der Waals surface area contributed by atoms with Crippen molar-refractivity contribution < 1.29 is 14.3 Å². The Morgan fingerprint density at radius 3 is 2.64 bits per heavy atom. The molecule has 1 aromatic carbocycles. The van der Waals surface area contributed by atoms with Gasteiger partial charge in [0.2, 0.25) is 0 Å². The number of hydrogen-bond donors (Lipinski definition) is 0. The molecule has 0 amide bonds. The van der Waals surface area contributed by atoms with Crippen molar-refractivity contribution in [2.75, 3.05) is 12.9 Å². The van der Waals surface area contributed by atoms with Crippen molar-refractivity contribution in [2.45, 2.75) is 5.44 Å². The van der Waals surface area contributed by atoms with Crippen molar-refractivity contribution in [3.8, 4) is 5.75 Å². The molecule has 1 aliphatic rings. The number of benzene rings is 1. The molecule has 1 unspecified atom stereocenters. The summed E-state index contributed by atoms with van der Waals surface area (Å²) in [6.07, 6.45) is 0. The largest absolute Gasteiger partial charge is 0.497 e. The summed E-state index contributed by atoms with van der Waals surface area (Å²) in [5, 5.41) is 0. The zero-order valence-corrected chi connectivity index (χ0v) is 8.54. The minimum absolute atomic E-state index is 0.143. The highest BCUT2D eigenvalue weighted by Crippen LogP contribution is 2.36. The fourth-order valence-electron chi connectivity index (χ4n) is 1.26. The predicted molar refractivity (Wildman–Crippen MR) is 54.3 cm³/mol. The molecule has 0 aromatic heterocycles. The Morgan fingerprint density at radius 2 is 2.14 bits per heavy atom. The van der Waals surface area contributed by atoms with E-state index in [1.807, 2.05) is 24.3 Å². The van der Waals surface area contributed by atoms with Crippen LogP contribution in [0, 0.1) is 0 Å². The zero-order valence-electron chi connectivity index (χ0n) is 7.73. The van der Waals surface area contributed by atoms with Gasteiger partial charge in [-0.15, -0.1) is 11.8 Å². The molecule has 1 saturated heterocycles. The molecule has 0 spiro atoms. The molecule has 0 radical (unpaired) electrons. The highest BCUT2D eigenvalue weighted by molar-refractivity contribution is 8.00. The molecule has 1 aliphatic heterocycles. The molecule has 2 rings (SSSR count). The topological polar surface area (TPSA) is 35.5 Å². The maximum absolute atomic E-state index is 10.9. The number of carbonyl (C=O) groups excluding carboxylic acids is 1. The van der Waals surface area contributed by atoms with Crippen LogP contribution in [0.5, 0.6) is 5.75 Å². The van der Waals surface area contributed by atoms with Gasteiger partial charge in [-0.05, 0) is 12.1 Å². The van der Waals surface area contributed by atoms with Gasteiger partial charge < -0.3 is 9.47 Å². The van der Waals surface area contributed by atoms with E-state index in [0.29, 0.717) is 5.75 Å². The van der Waals surface area contributed by atoms with Crippen molar-refractivity contribution in [2.24, 2.45) is 0 Å². The van der Waals surface area contributed by atoms with E-state index in [9.17, 15) is 4.79 Å². The van der Waals surface area contributed by atoms with E-state index in [4.69, 9.17) is 9.47 Å². The van der Waals surface area contributed by atoms with E-state index < -0.39 is 0 Å². The van der Waals surface area contributed by atoms with Crippen LogP contribution in [0.25, 0.3) is 0 Å². The lowest BCUT2D eigenvalue weighted by molar-refractivity contribution is -0.140. The van der Waals surface area contributed by atoms with Gasteiger partial charge in [0.1, 0.15) is 5.75 Å². The van der Waals surface area contributed by atoms with Crippen LogP contribution in [0.3, 0.4) is 0 Å². The highest BCUT2D eigenvalue weighted by Gasteiger charge is 2.25. The maximum Gasteiger partial charge on any atom is 0.317 e. The van der Waals surface area contributed by atoms with E-state index in [-0.39, 0.29) is 11.4 Å². The van der Waals surface area contributed by atoms with Crippen molar-refractivity contribution in [1.82, 2.24) is 0 Å².